The maximum atomic E-state index is 13.5. The van der Waals surface area contributed by atoms with Crippen LogP contribution in [0.4, 0.5) is 11.6 Å². The fourth-order valence-corrected chi connectivity index (χ4v) is 4.01. The minimum Gasteiger partial charge on any atom is -0.462 e. The Labute approximate surface area is 207 Å². The van der Waals surface area contributed by atoms with E-state index in [4.69, 9.17) is 16.3 Å². The quantitative estimate of drug-likeness (QED) is 0.405. The summed E-state index contributed by atoms with van der Waals surface area (Å²) in [7, 11) is 0. The second-order valence-corrected chi connectivity index (χ2v) is 8.43. The highest BCUT2D eigenvalue weighted by Gasteiger charge is 2.34. The average molecular weight is 496 g/mol. The summed E-state index contributed by atoms with van der Waals surface area (Å²) in [5.74, 6) is 0.353. The van der Waals surface area contributed by atoms with Crippen LogP contribution in [0.15, 0.2) is 59.8 Å². The Morgan fingerprint density at radius 3 is 2.54 bits per heavy atom. The average Bonchev–Trinajstić information content (AvgIpc) is 3.25. The molecule has 0 saturated carbocycles. The number of ether oxygens (including phenoxy) is 1. The van der Waals surface area contributed by atoms with Crippen LogP contribution < -0.4 is 10.6 Å². The Morgan fingerprint density at radius 1 is 1.17 bits per heavy atom. The number of nitrogens with zero attached hydrogens (tertiary/aromatic N) is 3. The minimum absolute atomic E-state index is 0.0395. The number of aryl methyl sites for hydroxylation is 1. The van der Waals surface area contributed by atoms with Crippen LogP contribution in [0, 0.1) is 0 Å². The van der Waals surface area contributed by atoms with Gasteiger partial charge < -0.3 is 20.5 Å². The van der Waals surface area contributed by atoms with Crippen molar-refractivity contribution in [3.63, 3.8) is 0 Å². The fraction of sp³-hybridized carbons (Fsp3) is 0.280. The van der Waals surface area contributed by atoms with Gasteiger partial charge in [-0.25, -0.2) is 9.48 Å². The number of esters is 1. The molecule has 0 fully saturated rings. The number of amides is 1. The molecule has 0 bridgehead atoms. The number of nitrogens with one attached hydrogen (secondary N) is 2. The van der Waals surface area contributed by atoms with Gasteiger partial charge in [0.25, 0.3) is 5.91 Å². The van der Waals surface area contributed by atoms with E-state index in [9.17, 15) is 14.7 Å². The third-order valence-electron chi connectivity index (χ3n) is 5.54. The SMILES string of the molecule is CCOC(=O)c1ccc(NC(=O)C2=C(C)Nc3nc(CCCO)nn3C2c2ccc(Cl)cc2)cc1. The van der Waals surface area contributed by atoms with E-state index in [0.717, 1.165) is 5.56 Å². The van der Waals surface area contributed by atoms with E-state index in [-0.39, 0.29) is 19.1 Å². The van der Waals surface area contributed by atoms with Crippen LogP contribution in [-0.4, -0.2) is 45.0 Å². The molecule has 1 atom stereocenters. The van der Waals surface area contributed by atoms with Gasteiger partial charge in [-0.05, 0) is 62.2 Å². The molecule has 9 nitrogen and oxygen atoms in total. The molecule has 35 heavy (non-hydrogen) atoms. The van der Waals surface area contributed by atoms with Crippen molar-refractivity contribution in [1.82, 2.24) is 14.8 Å². The first-order valence-corrected chi connectivity index (χ1v) is 11.7. The van der Waals surface area contributed by atoms with Gasteiger partial charge in [0.2, 0.25) is 5.95 Å². The summed E-state index contributed by atoms with van der Waals surface area (Å²) in [5, 5.41) is 20.5. The van der Waals surface area contributed by atoms with Crippen molar-refractivity contribution in [2.24, 2.45) is 0 Å². The van der Waals surface area contributed by atoms with Crippen molar-refractivity contribution in [3.8, 4) is 0 Å². The van der Waals surface area contributed by atoms with E-state index in [0.29, 0.717) is 52.2 Å². The highest BCUT2D eigenvalue weighted by Crippen LogP contribution is 2.36. The van der Waals surface area contributed by atoms with E-state index in [1.807, 2.05) is 19.1 Å². The molecule has 3 aromatic rings. The molecule has 0 aliphatic carbocycles. The monoisotopic (exact) mass is 495 g/mol. The molecule has 1 unspecified atom stereocenters. The summed E-state index contributed by atoms with van der Waals surface area (Å²) >= 11 is 6.11. The first kappa shape index (κ1) is 24.4. The van der Waals surface area contributed by atoms with Crippen molar-refractivity contribution in [2.75, 3.05) is 23.8 Å². The lowest BCUT2D eigenvalue weighted by Crippen LogP contribution is -2.31. The minimum atomic E-state index is -0.544. The number of carbonyl (C=O) groups excluding carboxylic acids is 2. The van der Waals surface area contributed by atoms with Gasteiger partial charge in [0.15, 0.2) is 5.82 Å². The van der Waals surface area contributed by atoms with Gasteiger partial charge in [0.1, 0.15) is 6.04 Å². The lowest BCUT2D eigenvalue weighted by Gasteiger charge is -2.28. The van der Waals surface area contributed by atoms with Crippen LogP contribution in [0.5, 0.6) is 0 Å². The number of aliphatic hydroxyl groups excluding tert-OH is 1. The molecule has 3 N–H and O–H groups in total. The highest BCUT2D eigenvalue weighted by atomic mass is 35.5. The topological polar surface area (TPSA) is 118 Å². The number of allylic oxidation sites excluding steroid dienone is 1. The Kier molecular flexibility index (Phi) is 7.48. The second-order valence-electron chi connectivity index (χ2n) is 7.99. The van der Waals surface area contributed by atoms with E-state index < -0.39 is 12.0 Å². The summed E-state index contributed by atoms with van der Waals surface area (Å²) in [6.45, 7) is 3.88. The van der Waals surface area contributed by atoms with Gasteiger partial charge in [0, 0.05) is 29.4 Å². The van der Waals surface area contributed by atoms with Crippen LogP contribution in [-0.2, 0) is 16.0 Å². The first-order valence-electron chi connectivity index (χ1n) is 11.3. The Bertz CT molecular complexity index is 1250. The standard InChI is InChI=1S/C25H26ClN5O4/c1-3-35-24(34)17-8-12-19(13-9-17)28-23(33)21-15(2)27-25-29-20(5-4-14-32)30-31(25)22(21)16-6-10-18(26)11-7-16/h6-13,22,32H,3-5,14H2,1-2H3,(H,28,33)(H,27,29,30). The number of anilines is 2. The predicted octanol–water partition coefficient (Wildman–Crippen LogP) is 3.96. The number of benzene rings is 2. The number of halogens is 1. The Balaban J connectivity index is 1.66. The zero-order valence-electron chi connectivity index (χ0n) is 19.4. The van der Waals surface area contributed by atoms with Crippen molar-refractivity contribution in [2.45, 2.75) is 32.7 Å². The molecule has 10 heteroatoms. The molecule has 0 spiro atoms. The van der Waals surface area contributed by atoms with Gasteiger partial charge in [-0.3, -0.25) is 4.79 Å². The van der Waals surface area contributed by atoms with Crippen LogP contribution in [0.3, 0.4) is 0 Å². The number of fused-ring (bicyclic) bond motifs is 1. The fourth-order valence-electron chi connectivity index (χ4n) is 3.89. The smallest absolute Gasteiger partial charge is 0.338 e. The van der Waals surface area contributed by atoms with Crippen LogP contribution >= 0.6 is 11.6 Å². The number of aromatic nitrogens is 3. The first-order chi connectivity index (χ1) is 16.9. The summed E-state index contributed by atoms with van der Waals surface area (Å²) < 4.78 is 6.69. The third kappa shape index (κ3) is 5.36. The van der Waals surface area contributed by atoms with Crippen LogP contribution in [0.25, 0.3) is 0 Å². The van der Waals surface area contributed by atoms with Crippen LogP contribution in [0.1, 0.15) is 48.1 Å². The van der Waals surface area contributed by atoms with E-state index in [1.54, 1.807) is 48.0 Å². The molecule has 0 radical (unpaired) electrons. The Morgan fingerprint density at radius 2 is 1.89 bits per heavy atom. The van der Waals surface area contributed by atoms with Gasteiger partial charge >= 0.3 is 5.97 Å². The second kappa shape index (κ2) is 10.7. The maximum absolute atomic E-state index is 13.5. The van der Waals surface area contributed by atoms with Gasteiger partial charge in [-0.2, -0.15) is 10.1 Å². The highest BCUT2D eigenvalue weighted by molar-refractivity contribution is 6.30. The summed E-state index contributed by atoms with van der Waals surface area (Å²) in [6.07, 6.45) is 1.05. The lowest BCUT2D eigenvalue weighted by atomic mass is 9.95. The Hall–Kier alpha value is -3.69. The van der Waals surface area contributed by atoms with Gasteiger partial charge in [-0.15, -0.1) is 0 Å². The van der Waals surface area contributed by atoms with Crippen molar-refractivity contribution in [1.29, 1.82) is 0 Å². The molecular weight excluding hydrogens is 470 g/mol. The largest absolute Gasteiger partial charge is 0.462 e. The van der Waals surface area contributed by atoms with Crippen molar-refractivity contribution in [3.05, 3.63) is 81.8 Å². The predicted molar refractivity (Wildman–Crippen MR) is 132 cm³/mol. The van der Waals surface area contributed by atoms with E-state index in [2.05, 4.69) is 20.7 Å². The number of hydrogen-bond acceptors (Lipinski definition) is 7. The molecule has 2 heterocycles. The van der Waals surface area contributed by atoms with Crippen molar-refractivity contribution >= 4 is 35.1 Å². The third-order valence-corrected chi connectivity index (χ3v) is 5.79. The molecule has 1 amide bonds. The van der Waals surface area contributed by atoms with Crippen LogP contribution in [0.2, 0.25) is 5.02 Å². The van der Waals surface area contributed by atoms with E-state index in [1.165, 1.54) is 0 Å². The number of aliphatic hydroxyl groups is 1. The number of hydrogen-bond donors (Lipinski definition) is 3. The lowest BCUT2D eigenvalue weighted by molar-refractivity contribution is -0.113. The van der Waals surface area contributed by atoms with Crippen molar-refractivity contribution < 1.29 is 19.4 Å². The summed E-state index contributed by atoms with van der Waals surface area (Å²) in [6, 6.07) is 13.2. The van der Waals surface area contributed by atoms with Gasteiger partial charge in [-0.1, -0.05) is 23.7 Å². The molecule has 0 saturated heterocycles. The summed E-state index contributed by atoms with van der Waals surface area (Å²) in [4.78, 5) is 30.0. The number of rotatable bonds is 8. The zero-order valence-corrected chi connectivity index (χ0v) is 20.2. The normalized spacial score (nSPS) is 14.8. The molecule has 182 valence electrons. The van der Waals surface area contributed by atoms with E-state index >= 15 is 0 Å². The molecule has 2 aromatic carbocycles. The molecule has 4 rings (SSSR count). The summed E-state index contributed by atoms with van der Waals surface area (Å²) in [5.41, 5.74) is 2.86. The van der Waals surface area contributed by atoms with Gasteiger partial charge in [0.05, 0.1) is 17.7 Å². The molecule has 1 aliphatic heterocycles. The maximum Gasteiger partial charge on any atom is 0.338 e. The number of carbonyl (C=O) groups is 2. The molecule has 1 aliphatic rings. The zero-order chi connectivity index (χ0) is 24.9. The molecule has 1 aromatic heterocycles. The molecular formula is C25H26ClN5O4.